The van der Waals surface area contributed by atoms with Crippen LogP contribution in [0.15, 0.2) is 61.1 Å². The van der Waals surface area contributed by atoms with Gasteiger partial charge in [0.1, 0.15) is 11.3 Å². The maximum atomic E-state index is 15.1. The molecule has 51 heavy (non-hydrogen) atoms. The summed E-state index contributed by atoms with van der Waals surface area (Å²) in [5.41, 5.74) is 4.08. The van der Waals surface area contributed by atoms with E-state index in [1.807, 2.05) is 24.8 Å². The first-order chi connectivity index (χ1) is 24.5. The van der Waals surface area contributed by atoms with Gasteiger partial charge in [-0.3, -0.25) is 14.9 Å². The van der Waals surface area contributed by atoms with Crippen LogP contribution in [-0.2, 0) is 25.7 Å². The number of aliphatic hydroxyl groups is 1. The Bertz CT molecular complexity index is 2050. The number of hydrogen-bond donors (Lipinski definition) is 3. The van der Waals surface area contributed by atoms with Crippen LogP contribution in [0.3, 0.4) is 0 Å². The smallest absolute Gasteiger partial charge is 0.416 e. The number of carbonyl (C=O) groups is 1. The molecule has 2 aromatic carbocycles. The second-order valence-electron chi connectivity index (χ2n) is 13.1. The van der Waals surface area contributed by atoms with Crippen molar-refractivity contribution in [1.82, 2.24) is 34.5 Å². The van der Waals surface area contributed by atoms with Crippen LogP contribution in [0, 0.1) is 12.7 Å². The molecule has 0 saturated carbocycles. The van der Waals surface area contributed by atoms with E-state index in [4.69, 9.17) is 9.84 Å². The Labute approximate surface area is 291 Å². The summed E-state index contributed by atoms with van der Waals surface area (Å²) in [6.07, 6.45) is 0.434. The van der Waals surface area contributed by atoms with Gasteiger partial charge in [-0.05, 0) is 67.3 Å². The van der Waals surface area contributed by atoms with Gasteiger partial charge in [0.25, 0.3) is 0 Å². The third-order valence-electron chi connectivity index (χ3n) is 9.67. The first kappa shape index (κ1) is 34.5. The van der Waals surface area contributed by atoms with Crippen molar-refractivity contribution in [3.63, 3.8) is 0 Å². The van der Waals surface area contributed by atoms with Crippen LogP contribution in [0.25, 0.3) is 16.6 Å². The fourth-order valence-corrected chi connectivity index (χ4v) is 6.88. The molecule has 2 aliphatic heterocycles. The molecule has 1 fully saturated rings. The first-order valence-electron chi connectivity index (χ1n) is 16.8. The zero-order valence-electron chi connectivity index (χ0n) is 28.2. The van der Waals surface area contributed by atoms with E-state index in [0.29, 0.717) is 50.4 Å². The zero-order chi connectivity index (χ0) is 35.9. The number of β-amino-alcohol motifs (C(OH)–C–C–N with tert-alkyl or cyclic N) is 1. The lowest BCUT2D eigenvalue weighted by Crippen LogP contribution is -2.46. The highest BCUT2D eigenvalue weighted by Crippen LogP contribution is 2.37. The van der Waals surface area contributed by atoms with Gasteiger partial charge in [-0.25, -0.2) is 13.7 Å². The number of hydrogen-bond acceptors (Lipinski definition) is 7. The molecule has 0 spiro atoms. The van der Waals surface area contributed by atoms with Crippen LogP contribution in [0.5, 0.6) is 11.5 Å². The summed E-state index contributed by atoms with van der Waals surface area (Å²) < 4.78 is 65.4. The number of ether oxygens (including phenoxy) is 1. The van der Waals surface area contributed by atoms with E-state index in [1.54, 1.807) is 35.5 Å². The number of aromatic nitrogens is 4. The Kier molecular flexibility index (Phi) is 9.44. The number of urea groups is 1. The number of fused-ring (bicyclic) bond motifs is 2. The van der Waals surface area contributed by atoms with Crippen molar-refractivity contribution >= 4 is 17.2 Å². The van der Waals surface area contributed by atoms with E-state index in [9.17, 15) is 18.0 Å². The van der Waals surface area contributed by atoms with Gasteiger partial charge in [0.15, 0.2) is 11.6 Å². The highest BCUT2D eigenvalue weighted by Gasteiger charge is 2.35. The predicted molar refractivity (Wildman–Crippen MR) is 182 cm³/mol. The number of piperazine rings is 1. The molecule has 15 heteroatoms. The van der Waals surface area contributed by atoms with Crippen LogP contribution in [0.4, 0.5) is 28.0 Å². The third-order valence-corrected chi connectivity index (χ3v) is 9.67. The van der Waals surface area contributed by atoms with Gasteiger partial charge in [-0.15, -0.1) is 0 Å². The minimum Gasteiger partial charge on any atom is -0.452 e. The lowest BCUT2D eigenvalue weighted by Gasteiger charge is -2.35. The number of benzene rings is 2. The van der Waals surface area contributed by atoms with E-state index in [-0.39, 0.29) is 42.7 Å². The second-order valence-corrected chi connectivity index (χ2v) is 13.1. The summed E-state index contributed by atoms with van der Waals surface area (Å²) in [6, 6.07) is 10.3. The molecule has 0 radical (unpaired) electrons. The third kappa shape index (κ3) is 7.27. The first-order valence-corrected chi connectivity index (χ1v) is 16.8. The van der Waals surface area contributed by atoms with Gasteiger partial charge in [-0.1, -0.05) is 12.1 Å². The molecule has 5 heterocycles. The van der Waals surface area contributed by atoms with Crippen LogP contribution in [-0.4, -0.2) is 91.0 Å². The maximum Gasteiger partial charge on any atom is 0.416 e. The van der Waals surface area contributed by atoms with E-state index >= 15 is 4.39 Å². The molecule has 2 amide bonds. The highest BCUT2D eigenvalue weighted by molar-refractivity contribution is 5.90. The molecule has 2 aliphatic rings. The number of anilines is 1. The fourth-order valence-electron chi connectivity index (χ4n) is 6.88. The summed E-state index contributed by atoms with van der Waals surface area (Å²) in [7, 11) is 0. The molecule has 3 N–H and O–H groups in total. The van der Waals surface area contributed by atoms with Crippen molar-refractivity contribution in [1.29, 1.82) is 0 Å². The van der Waals surface area contributed by atoms with Crippen molar-refractivity contribution in [3.05, 3.63) is 94.8 Å². The Morgan fingerprint density at radius 1 is 1.06 bits per heavy atom. The van der Waals surface area contributed by atoms with E-state index in [0.717, 1.165) is 40.2 Å². The molecular weight excluding hydrogens is 668 g/mol. The number of amides is 2. The monoisotopic (exact) mass is 706 g/mol. The lowest BCUT2D eigenvalue weighted by atomic mass is 9.95. The molecule has 268 valence electrons. The summed E-state index contributed by atoms with van der Waals surface area (Å²) in [4.78, 5) is 19.1. The van der Waals surface area contributed by atoms with Crippen LogP contribution < -0.4 is 10.1 Å². The number of aromatic amines is 1. The maximum absolute atomic E-state index is 15.1. The number of aryl methyl sites for hydroxylation is 1. The Balaban J connectivity index is 1.06. The molecule has 3 aromatic heterocycles. The zero-order valence-corrected chi connectivity index (χ0v) is 28.2. The van der Waals surface area contributed by atoms with Gasteiger partial charge < -0.3 is 20.1 Å². The average Bonchev–Trinajstić information content (AvgIpc) is 3.73. The summed E-state index contributed by atoms with van der Waals surface area (Å²) in [5, 5.41) is 23.0. The Morgan fingerprint density at radius 3 is 2.57 bits per heavy atom. The number of nitrogens with one attached hydrogen (secondary N) is 2. The standard InChI is InChI=1S/C36H38F4N8O3/c1-22-13-24-4-6-29(51-34-32(37)18-42-48-21-27(15-33(34)48)30-17-41-44-23(30)2)14-26(24)20-47(22)35(50)43-28-5-3-25(31(16-28)36(38,39)40)19-46-9-7-45(8-10-46)11-12-49/h3-6,14-18,21-22,49H,7-13,19-20H2,1-2H3,(H,41,44)(H,43,50). The molecular formula is C36H38F4N8O3. The highest BCUT2D eigenvalue weighted by atomic mass is 19.4. The number of carbonyl (C=O) groups excluding carboxylic acids is 1. The normalized spacial score (nSPS) is 17.2. The van der Waals surface area contributed by atoms with Gasteiger partial charge in [0.2, 0.25) is 0 Å². The molecule has 0 aliphatic carbocycles. The SMILES string of the molecule is Cc1[nH]ncc1-c1cc2c(Oc3ccc4c(c3)CN(C(=O)Nc3ccc(CN5CCN(CCO)CC5)c(C(F)(F)F)c3)C(C)C4)c(F)cnn2c1. The number of H-pyrrole nitrogens is 1. The van der Waals surface area contributed by atoms with E-state index in [2.05, 4.69) is 25.5 Å². The minimum atomic E-state index is -4.61. The molecule has 5 aromatic rings. The van der Waals surface area contributed by atoms with Crippen molar-refractivity contribution in [3.8, 4) is 22.6 Å². The molecule has 1 unspecified atom stereocenters. The quantitative estimate of drug-likeness (QED) is 0.168. The van der Waals surface area contributed by atoms with E-state index in [1.165, 1.54) is 16.6 Å². The topological polar surface area (TPSA) is 114 Å². The van der Waals surface area contributed by atoms with Crippen LogP contribution >= 0.6 is 0 Å². The molecule has 7 rings (SSSR count). The number of alkyl halides is 3. The van der Waals surface area contributed by atoms with Crippen molar-refractivity contribution in [2.45, 2.75) is 45.6 Å². The van der Waals surface area contributed by atoms with Gasteiger partial charge in [0, 0.05) is 80.6 Å². The fraction of sp³-hybridized carbons (Fsp3) is 0.361. The van der Waals surface area contributed by atoms with Gasteiger partial charge in [0.05, 0.1) is 24.6 Å². The minimum absolute atomic E-state index is 0.0102. The lowest BCUT2D eigenvalue weighted by molar-refractivity contribution is -0.138. The van der Waals surface area contributed by atoms with Crippen LogP contribution in [0.1, 0.15) is 34.9 Å². The van der Waals surface area contributed by atoms with Crippen molar-refractivity contribution < 1.29 is 32.2 Å². The predicted octanol–water partition coefficient (Wildman–Crippen LogP) is 6.07. The Hall–Kier alpha value is -4.99. The molecule has 0 bridgehead atoms. The van der Waals surface area contributed by atoms with Gasteiger partial charge in [-0.2, -0.15) is 23.4 Å². The summed E-state index contributed by atoms with van der Waals surface area (Å²) in [5.74, 6) is -0.296. The molecule has 1 atom stereocenters. The second kappa shape index (κ2) is 14.0. The van der Waals surface area contributed by atoms with Crippen molar-refractivity contribution in [2.24, 2.45) is 0 Å². The number of rotatable bonds is 8. The molecule has 11 nitrogen and oxygen atoms in total. The van der Waals surface area contributed by atoms with Crippen molar-refractivity contribution in [2.75, 3.05) is 44.6 Å². The molecule has 1 saturated heterocycles. The van der Waals surface area contributed by atoms with E-state index < -0.39 is 23.6 Å². The number of aliphatic hydroxyl groups excluding tert-OH is 1. The average molecular weight is 707 g/mol. The number of halogens is 4. The summed E-state index contributed by atoms with van der Waals surface area (Å²) in [6.45, 7) is 7.20. The summed E-state index contributed by atoms with van der Waals surface area (Å²) >= 11 is 0. The number of nitrogens with zero attached hydrogens (tertiary/aromatic N) is 6. The largest absolute Gasteiger partial charge is 0.452 e. The van der Waals surface area contributed by atoms with Crippen LogP contribution in [0.2, 0.25) is 0 Å². The van der Waals surface area contributed by atoms with Gasteiger partial charge >= 0.3 is 12.2 Å². The Morgan fingerprint density at radius 2 is 1.84 bits per heavy atom.